The Labute approximate surface area is 442 Å². The third-order valence-electron chi connectivity index (χ3n) is 12.1. The summed E-state index contributed by atoms with van der Waals surface area (Å²) in [5.74, 6) is 0.488. The number of aromatic carboxylic acids is 1. The highest BCUT2D eigenvalue weighted by Crippen LogP contribution is 2.35. The molecule has 9 N–H and O–H groups in total. The molecule has 0 radical (unpaired) electrons. The van der Waals surface area contributed by atoms with Gasteiger partial charge in [-0.1, -0.05) is 53.9 Å². The van der Waals surface area contributed by atoms with Gasteiger partial charge in [0, 0.05) is 67.1 Å². The first-order valence-corrected chi connectivity index (χ1v) is 25.0. The van der Waals surface area contributed by atoms with Gasteiger partial charge in [0.2, 0.25) is 11.8 Å². The van der Waals surface area contributed by atoms with Crippen LogP contribution >= 0.6 is 23.2 Å². The highest BCUT2D eigenvalue weighted by Gasteiger charge is 2.19. The largest absolute Gasteiger partial charge is 0.478 e. The van der Waals surface area contributed by atoms with Crippen molar-refractivity contribution in [3.8, 4) is 22.3 Å². The standard InChI is InChI=1S/C28H26ClN5O3.C24H18ClN3O4.C5H11N/c29-24-15-21(19-3-5-20(6-4-19)28(36)34-11-9-31-10-12-34)13-22-14-23(37-27(22)24)17-33-26(35)8-2-18-1-7-25(30)32-16-18;25-20-11-17(15-3-5-16(6-4-15)24(30)31)9-18-10-19(32-23(18)20)13-28-22(29)8-2-14-1-7-21(26)27-12-14;1-2-4-6-5-3-1/h1-8,13-16,31H,9-12,17H2,(H2,30,32)(H,33,35);1-12H,13H2,(H2,26,27)(H,28,29)(H,30,31);6H,1-5H2/b2*8-2+;. The number of benzene rings is 4. The van der Waals surface area contributed by atoms with Crippen LogP contribution in [-0.2, 0) is 22.7 Å². The molecule has 0 aliphatic carbocycles. The highest BCUT2D eigenvalue weighted by atomic mass is 35.5. The van der Waals surface area contributed by atoms with Crippen molar-refractivity contribution >= 4 is 92.6 Å². The predicted molar refractivity (Wildman–Crippen MR) is 295 cm³/mol. The van der Waals surface area contributed by atoms with Crippen molar-refractivity contribution in [2.24, 2.45) is 0 Å². The van der Waals surface area contributed by atoms with E-state index in [4.69, 9.17) is 48.6 Å². The minimum Gasteiger partial charge on any atom is -0.478 e. The van der Waals surface area contributed by atoms with Crippen LogP contribution in [0.1, 0.15) is 62.6 Å². The summed E-state index contributed by atoms with van der Waals surface area (Å²) < 4.78 is 11.7. The summed E-state index contributed by atoms with van der Waals surface area (Å²) >= 11 is 12.9. The maximum atomic E-state index is 12.7. The number of halogens is 2. The van der Waals surface area contributed by atoms with Crippen LogP contribution < -0.4 is 32.7 Å². The van der Waals surface area contributed by atoms with Crippen LogP contribution in [0.5, 0.6) is 0 Å². The number of piperidine rings is 1. The fourth-order valence-electron chi connectivity index (χ4n) is 8.14. The Morgan fingerprint density at radius 3 is 1.44 bits per heavy atom. The van der Waals surface area contributed by atoms with Crippen molar-refractivity contribution in [3.63, 3.8) is 0 Å². The first kappa shape index (κ1) is 53.0. The molecule has 2 fully saturated rings. The summed E-state index contributed by atoms with van der Waals surface area (Å²) in [6.07, 6.45) is 13.5. The molecule has 0 unspecified atom stereocenters. The number of nitrogen functional groups attached to an aromatic ring is 2. The number of carboxylic acid groups (broad SMARTS) is 1. The molecule has 18 heteroatoms. The number of pyridine rings is 2. The topological polar surface area (TPSA) is 244 Å². The lowest BCUT2D eigenvalue weighted by molar-refractivity contribution is -0.117. The maximum Gasteiger partial charge on any atom is 0.335 e. The van der Waals surface area contributed by atoms with Gasteiger partial charge in [0.25, 0.3) is 5.91 Å². The molecule has 0 saturated carbocycles. The smallest absolute Gasteiger partial charge is 0.335 e. The molecule has 10 rings (SSSR count). The lowest BCUT2D eigenvalue weighted by Gasteiger charge is -2.27. The first-order chi connectivity index (χ1) is 36.3. The van der Waals surface area contributed by atoms with Crippen molar-refractivity contribution in [2.75, 3.05) is 50.7 Å². The van der Waals surface area contributed by atoms with Gasteiger partial charge in [-0.2, -0.15) is 0 Å². The lowest BCUT2D eigenvalue weighted by Crippen LogP contribution is -2.46. The van der Waals surface area contributed by atoms with Gasteiger partial charge in [0.05, 0.1) is 28.7 Å². The Bertz CT molecular complexity index is 3320. The number of nitrogens with two attached hydrogens (primary N) is 2. The summed E-state index contributed by atoms with van der Waals surface area (Å²) in [6.45, 7) is 5.97. The zero-order valence-corrected chi connectivity index (χ0v) is 42.3. The fraction of sp³-hybridized carbons (Fsp3) is 0.193. The average Bonchev–Trinajstić information content (AvgIpc) is 4.07. The number of aromatic nitrogens is 2. The molecular weight excluding hydrogens is 994 g/mol. The Kier molecular flexibility index (Phi) is 18.1. The quantitative estimate of drug-likeness (QED) is 0.0564. The zero-order valence-electron chi connectivity index (χ0n) is 40.8. The molecule has 0 spiro atoms. The molecule has 384 valence electrons. The van der Waals surface area contributed by atoms with Crippen molar-refractivity contribution in [2.45, 2.75) is 32.4 Å². The molecule has 8 aromatic rings. The number of carboxylic acids is 1. The first-order valence-electron chi connectivity index (χ1n) is 24.3. The molecular formula is C57H55Cl2N9O7. The number of carbonyl (C=O) groups excluding carboxylic acids is 3. The summed E-state index contributed by atoms with van der Waals surface area (Å²) in [6, 6.07) is 32.1. The monoisotopic (exact) mass is 1050 g/mol. The number of hydrogen-bond donors (Lipinski definition) is 7. The van der Waals surface area contributed by atoms with E-state index >= 15 is 0 Å². The molecule has 6 heterocycles. The zero-order chi connectivity index (χ0) is 52.7. The van der Waals surface area contributed by atoms with Crippen molar-refractivity contribution in [3.05, 3.63) is 178 Å². The number of fused-ring (bicyclic) bond motifs is 2. The number of amides is 3. The van der Waals surface area contributed by atoms with E-state index in [1.807, 2.05) is 59.5 Å². The van der Waals surface area contributed by atoms with E-state index in [9.17, 15) is 19.2 Å². The Hall–Kier alpha value is -8.28. The second-order valence-corrected chi connectivity index (χ2v) is 18.4. The van der Waals surface area contributed by atoms with E-state index < -0.39 is 5.97 Å². The van der Waals surface area contributed by atoms with E-state index in [0.29, 0.717) is 63.0 Å². The lowest BCUT2D eigenvalue weighted by atomic mass is 10.0. The number of hydrogen-bond acceptors (Lipinski definition) is 12. The number of anilines is 2. The Morgan fingerprint density at radius 1 is 0.587 bits per heavy atom. The minimum atomic E-state index is -0.980. The molecule has 2 aliphatic heterocycles. The van der Waals surface area contributed by atoms with E-state index in [1.54, 1.807) is 79.1 Å². The number of carbonyl (C=O) groups is 4. The molecule has 3 amide bonds. The number of nitrogens with zero attached hydrogens (tertiary/aromatic N) is 3. The number of nitrogens with one attached hydrogen (secondary N) is 4. The molecule has 16 nitrogen and oxygen atoms in total. The SMILES string of the molecule is C1CCNCC1.Nc1ccc(/C=C/C(=O)NCc2cc3cc(-c4ccc(C(=O)N5CCNCC5)cc4)cc(Cl)c3o2)cn1.Nc1ccc(/C=C/C(=O)NCc2cc3cc(-c4ccc(C(=O)O)cc4)cc(Cl)c3o2)cn1. The van der Waals surface area contributed by atoms with E-state index in [-0.39, 0.29) is 36.4 Å². The molecule has 4 aromatic carbocycles. The molecule has 2 saturated heterocycles. The maximum absolute atomic E-state index is 12.7. The van der Waals surface area contributed by atoms with E-state index in [2.05, 4.69) is 31.2 Å². The van der Waals surface area contributed by atoms with Gasteiger partial charge in [0.15, 0.2) is 11.2 Å². The van der Waals surface area contributed by atoms with Crippen molar-refractivity contribution in [1.29, 1.82) is 0 Å². The second kappa shape index (κ2) is 25.6. The van der Waals surface area contributed by atoms with Crippen LogP contribution in [-0.4, -0.2) is 82.9 Å². The van der Waals surface area contributed by atoms with Gasteiger partial charge in [-0.05, 0) is 156 Å². The van der Waals surface area contributed by atoms with Gasteiger partial charge >= 0.3 is 5.97 Å². The van der Waals surface area contributed by atoms with Crippen LogP contribution in [0.4, 0.5) is 11.6 Å². The predicted octanol–water partition coefficient (Wildman–Crippen LogP) is 9.62. The van der Waals surface area contributed by atoms with Gasteiger partial charge in [0.1, 0.15) is 23.2 Å². The molecule has 4 aromatic heterocycles. The Balaban J connectivity index is 0.000000180. The summed E-state index contributed by atoms with van der Waals surface area (Å²) in [5, 5.41) is 23.7. The van der Waals surface area contributed by atoms with Crippen molar-refractivity contribution < 1.29 is 33.1 Å². The summed E-state index contributed by atoms with van der Waals surface area (Å²) in [4.78, 5) is 57.9. The van der Waals surface area contributed by atoms with Crippen LogP contribution in [0.2, 0.25) is 10.0 Å². The van der Waals surface area contributed by atoms with E-state index in [0.717, 1.165) is 57.2 Å². The molecule has 0 bridgehead atoms. The minimum absolute atomic E-state index is 0.0445. The third-order valence-corrected chi connectivity index (χ3v) is 12.7. The highest BCUT2D eigenvalue weighted by molar-refractivity contribution is 6.35. The molecule has 0 atom stereocenters. The average molecular weight is 1050 g/mol. The van der Waals surface area contributed by atoms with Gasteiger partial charge in [-0.3, -0.25) is 14.4 Å². The van der Waals surface area contributed by atoms with E-state index in [1.165, 1.54) is 44.5 Å². The van der Waals surface area contributed by atoms with Crippen LogP contribution in [0.25, 0.3) is 56.3 Å². The molecule has 2 aliphatic rings. The van der Waals surface area contributed by atoms with Gasteiger partial charge < -0.3 is 51.6 Å². The summed E-state index contributed by atoms with van der Waals surface area (Å²) in [7, 11) is 0. The number of piperazine rings is 1. The third kappa shape index (κ3) is 14.9. The van der Waals surface area contributed by atoms with Crippen LogP contribution in [0.15, 0.2) is 143 Å². The Morgan fingerprint density at radius 2 is 1.04 bits per heavy atom. The number of rotatable bonds is 12. The fourth-order valence-corrected chi connectivity index (χ4v) is 8.67. The normalized spacial score (nSPS) is 13.5. The molecule has 75 heavy (non-hydrogen) atoms. The van der Waals surface area contributed by atoms with Crippen molar-refractivity contribution in [1.82, 2.24) is 36.1 Å². The second-order valence-electron chi connectivity index (χ2n) is 17.6. The van der Waals surface area contributed by atoms with Gasteiger partial charge in [-0.25, -0.2) is 14.8 Å². The van der Waals surface area contributed by atoms with Crippen LogP contribution in [0, 0.1) is 0 Å². The van der Waals surface area contributed by atoms with Gasteiger partial charge in [-0.15, -0.1) is 0 Å². The number of furan rings is 2. The van der Waals surface area contributed by atoms with Crippen LogP contribution in [0.3, 0.4) is 0 Å². The summed E-state index contributed by atoms with van der Waals surface area (Å²) in [5.41, 5.74) is 18.1.